The standard InChI is InChI=1S/C17H9Cl2N3O3S/c1-8-15(23)20-17-22(21-8)16(24)14(26-17)7-10-3-5-13(25-10)11-6-9(18)2-4-12(11)19/h2-7H,1H3. The number of halogens is 2. The molecule has 0 unspecified atom stereocenters. The smallest absolute Gasteiger partial charge is 0.295 e. The Morgan fingerprint density at radius 3 is 2.81 bits per heavy atom. The lowest BCUT2D eigenvalue weighted by Crippen LogP contribution is -2.27. The van der Waals surface area contributed by atoms with Gasteiger partial charge in [-0.2, -0.15) is 14.6 Å². The molecule has 4 aromatic rings. The molecule has 0 aliphatic heterocycles. The molecule has 0 amide bonds. The van der Waals surface area contributed by atoms with Crippen LogP contribution in [0.25, 0.3) is 22.4 Å². The Labute approximate surface area is 159 Å². The van der Waals surface area contributed by atoms with Gasteiger partial charge in [-0.05, 0) is 37.3 Å². The second-order valence-electron chi connectivity index (χ2n) is 5.44. The van der Waals surface area contributed by atoms with Gasteiger partial charge in [-0.3, -0.25) is 9.59 Å². The molecule has 0 aliphatic carbocycles. The minimum Gasteiger partial charge on any atom is -0.457 e. The largest absolute Gasteiger partial charge is 0.457 e. The van der Waals surface area contributed by atoms with Crippen LogP contribution in [0.2, 0.25) is 10.0 Å². The second kappa shape index (κ2) is 6.35. The fourth-order valence-corrected chi connectivity index (χ4v) is 3.64. The Morgan fingerprint density at radius 1 is 1.19 bits per heavy atom. The van der Waals surface area contributed by atoms with Crippen molar-refractivity contribution in [3.63, 3.8) is 0 Å². The van der Waals surface area contributed by atoms with Crippen molar-refractivity contribution in [2.45, 2.75) is 6.92 Å². The van der Waals surface area contributed by atoms with Crippen molar-refractivity contribution in [2.75, 3.05) is 0 Å². The predicted octanol–water partition coefficient (Wildman–Crippen LogP) is 2.93. The van der Waals surface area contributed by atoms with E-state index in [4.69, 9.17) is 27.6 Å². The highest BCUT2D eigenvalue weighted by atomic mass is 35.5. The van der Waals surface area contributed by atoms with Crippen LogP contribution in [0, 0.1) is 6.92 Å². The molecule has 1 aromatic carbocycles. The summed E-state index contributed by atoms with van der Waals surface area (Å²) >= 11 is 13.3. The maximum atomic E-state index is 12.4. The Bertz CT molecular complexity index is 1320. The number of rotatable bonds is 2. The van der Waals surface area contributed by atoms with Crippen LogP contribution < -0.4 is 15.7 Å². The first-order valence-electron chi connectivity index (χ1n) is 7.40. The third-order valence-electron chi connectivity index (χ3n) is 3.64. The van der Waals surface area contributed by atoms with E-state index in [0.29, 0.717) is 31.7 Å². The quantitative estimate of drug-likeness (QED) is 0.512. The van der Waals surface area contributed by atoms with E-state index >= 15 is 0 Å². The molecule has 9 heteroatoms. The Hall–Kier alpha value is -2.48. The molecular formula is C17H9Cl2N3O3S. The van der Waals surface area contributed by atoms with Gasteiger partial charge in [-0.1, -0.05) is 34.5 Å². The zero-order chi connectivity index (χ0) is 18.4. The highest BCUT2D eigenvalue weighted by Gasteiger charge is 2.11. The molecule has 3 heterocycles. The second-order valence-corrected chi connectivity index (χ2v) is 7.29. The van der Waals surface area contributed by atoms with Crippen LogP contribution in [0.3, 0.4) is 0 Å². The van der Waals surface area contributed by atoms with Crippen LogP contribution in [-0.2, 0) is 0 Å². The van der Waals surface area contributed by atoms with Crippen molar-refractivity contribution < 1.29 is 4.42 Å². The number of furan rings is 1. The van der Waals surface area contributed by atoms with Gasteiger partial charge in [-0.15, -0.1) is 0 Å². The number of nitrogens with zero attached hydrogens (tertiary/aromatic N) is 3. The monoisotopic (exact) mass is 405 g/mol. The number of aromatic nitrogens is 3. The van der Waals surface area contributed by atoms with Crippen LogP contribution in [0.1, 0.15) is 11.5 Å². The van der Waals surface area contributed by atoms with E-state index in [0.717, 1.165) is 15.9 Å². The van der Waals surface area contributed by atoms with Crippen molar-refractivity contribution in [2.24, 2.45) is 0 Å². The number of hydrogen-bond donors (Lipinski definition) is 0. The van der Waals surface area contributed by atoms with E-state index in [1.807, 2.05) is 0 Å². The average molecular weight is 406 g/mol. The van der Waals surface area contributed by atoms with E-state index in [2.05, 4.69) is 10.1 Å². The maximum Gasteiger partial charge on any atom is 0.295 e. The summed E-state index contributed by atoms with van der Waals surface area (Å²) in [6.45, 7) is 1.51. The first-order valence-corrected chi connectivity index (χ1v) is 8.97. The molecule has 0 N–H and O–H groups in total. The number of fused-ring (bicyclic) bond motifs is 1. The summed E-state index contributed by atoms with van der Waals surface area (Å²) < 4.78 is 7.24. The third kappa shape index (κ3) is 2.94. The van der Waals surface area contributed by atoms with Gasteiger partial charge < -0.3 is 4.42 Å². The number of hydrogen-bond acceptors (Lipinski definition) is 6. The normalized spacial score (nSPS) is 12.2. The molecule has 0 saturated carbocycles. The summed E-state index contributed by atoms with van der Waals surface area (Å²) in [7, 11) is 0. The molecule has 0 aliphatic rings. The van der Waals surface area contributed by atoms with Crippen LogP contribution in [-0.4, -0.2) is 14.6 Å². The van der Waals surface area contributed by atoms with Gasteiger partial charge in [0.2, 0.25) is 4.96 Å². The van der Waals surface area contributed by atoms with Crippen LogP contribution >= 0.6 is 34.5 Å². The highest BCUT2D eigenvalue weighted by Crippen LogP contribution is 2.31. The lowest BCUT2D eigenvalue weighted by molar-refractivity contribution is 0.571. The van der Waals surface area contributed by atoms with Crippen LogP contribution in [0.5, 0.6) is 0 Å². The van der Waals surface area contributed by atoms with Gasteiger partial charge in [0.05, 0.1) is 5.02 Å². The molecule has 26 heavy (non-hydrogen) atoms. The molecule has 0 atom stereocenters. The van der Waals surface area contributed by atoms with E-state index in [9.17, 15) is 9.59 Å². The summed E-state index contributed by atoms with van der Waals surface area (Å²) in [5, 5.41) is 5.01. The summed E-state index contributed by atoms with van der Waals surface area (Å²) in [5.74, 6) is 0.985. The highest BCUT2D eigenvalue weighted by molar-refractivity contribution is 7.15. The minimum absolute atomic E-state index is 0.167. The molecule has 4 rings (SSSR count). The van der Waals surface area contributed by atoms with Gasteiger partial charge in [0.25, 0.3) is 11.1 Å². The molecule has 6 nitrogen and oxygen atoms in total. The van der Waals surface area contributed by atoms with Crippen molar-refractivity contribution >= 4 is 45.6 Å². The minimum atomic E-state index is -0.450. The molecule has 0 spiro atoms. The third-order valence-corrected chi connectivity index (χ3v) is 5.16. The molecule has 0 fully saturated rings. The predicted molar refractivity (Wildman–Crippen MR) is 101 cm³/mol. The molecule has 0 saturated heterocycles. The Morgan fingerprint density at radius 2 is 2.00 bits per heavy atom. The van der Waals surface area contributed by atoms with Crippen LogP contribution in [0.4, 0.5) is 0 Å². The van der Waals surface area contributed by atoms with Gasteiger partial charge in [-0.25, -0.2) is 0 Å². The van der Waals surface area contributed by atoms with E-state index < -0.39 is 5.56 Å². The number of aryl methyl sites for hydroxylation is 1. The van der Waals surface area contributed by atoms with Crippen molar-refractivity contribution in [1.29, 1.82) is 0 Å². The van der Waals surface area contributed by atoms with Gasteiger partial charge in [0.15, 0.2) is 0 Å². The van der Waals surface area contributed by atoms with Gasteiger partial charge >= 0.3 is 0 Å². The lowest BCUT2D eigenvalue weighted by atomic mass is 10.2. The zero-order valence-electron chi connectivity index (χ0n) is 13.2. The SMILES string of the molecule is Cc1nn2c(=O)c(=Cc3ccc(-c4cc(Cl)ccc4Cl)o3)sc2nc1=O. The Balaban J connectivity index is 1.83. The van der Waals surface area contributed by atoms with E-state index in [1.165, 1.54) is 6.92 Å². The maximum absolute atomic E-state index is 12.4. The molecule has 130 valence electrons. The molecular weight excluding hydrogens is 397 g/mol. The zero-order valence-corrected chi connectivity index (χ0v) is 15.5. The fraction of sp³-hybridized carbons (Fsp3) is 0.0588. The Kier molecular flexibility index (Phi) is 4.14. The first-order chi connectivity index (χ1) is 12.4. The van der Waals surface area contributed by atoms with E-state index in [1.54, 1.807) is 36.4 Å². The number of benzene rings is 1. The van der Waals surface area contributed by atoms with Crippen molar-refractivity contribution in [3.8, 4) is 11.3 Å². The van der Waals surface area contributed by atoms with E-state index in [-0.39, 0.29) is 16.2 Å². The lowest BCUT2D eigenvalue weighted by Gasteiger charge is -2.00. The average Bonchev–Trinajstić information content (AvgIpc) is 3.17. The summed E-state index contributed by atoms with van der Waals surface area (Å²) in [6.07, 6.45) is 1.57. The summed E-state index contributed by atoms with van der Waals surface area (Å²) in [5.41, 5.74) is 0.00897. The summed E-state index contributed by atoms with van der Waals surface area (Å²) in [6, 6.07) is 8.53. The van der Waals surface area contributed by atoms with Gasteiger partial charge in [0.1, 0.15) is 21.7 Å². The topological polar surface area (TPSA) is 77.5 Å². The summed E-state index contributed by atoms with van der Waals surface area (Å²) in [4.78, 5) is 28.1. The first kappa shape index (κ1) is 17.0. The van der Waals surface area contributed by atoms with Gasteiger partial charge in [0, 0.05) is 16.7 Å². The fourth-order valence-electron chi connectivity index (χ4n) is 2.38. The number of thiazole rings is 1. The van der Waals surface area contributed by atoms with Crippen LogP contribution in [0.15, 0.2) is 44.3 Å². The van der Waals surface area contributed by atoms with Crippen molar-refractivity contribution in [3.05, 3.63) is 77.1 Å². The molecule has 3 aromatic heterocycles. The molecule has 0 radical (unpaired) electrons. The molecule has 0 bridgehead atoms. The van der Waals surface area contributed by atoms with Crippen molar-refractivity contribution in [1.82, 2.24) is 14.6 Å².